The van der Waals surface area contributed by atoms with Gasteiger partial charge in [0.2, 0.25) is 0 Å². The predicted octanol–water partition coefficient (Wildman–Crippen LogP) is 4.07. The van der Waals surface area contributed by atoms with E-state index in [-0.39, 0.29) is 6.04 Å². The third-order valence-electron chi connectivity index (χ3n) is 4.49. The minimum Gasteiger partial charge on any atom is -0.481 e. The number of hydrogen-bond acceptors (Lipinski definition) is 3. The Labute approximate surface area is 128 Å². The van der Waals surface area contributed by atoms with Crippen molar-refractivity contribution >= 4 is 21.9 Å². The first-order chi connectivity index (χ1) is 9.48. The Kier molecular flexibility index (Phi) is 4.91. The maximum absolute atomic E-state index is 11.6. The lowest BCUT2D eigenvalue weighted by Gasteiger charge is -2.40. The molecule has 112 valence electrons. The van der Waals surface area contributed by atoms with Gasteiger partial charge in [0.05, 0.1) is 11.5 Å². The number of carboxylic acid groups (broad SMARTS) is 1. The molecule has 1 aromatic heterocycles. The first-order valence-electron chi connectivity index (χ1n) is 7.21. The van der Waals surface area contributed by atoms with Crippen LogP contribution in [0.25, 0.3) is 0 Å². The fraction of sp³-hybridized carbons (Fsp3) is 0.667. The Morgan fingerprint density at radius 2 is 2.15 bits per heavy atom. The minimum absolute atomic E-state index is 0.190. The third-order valence-corrected chi connectivity index (χ3v) is 4.92. The normalized spacial score (nSPS) is 20.8. The largest absolute Gasteiger partial charge is 0.481 e. The number of nitrogens with zero attached hydrogens (tertiary/aromatic N) is 1. The lowest BCUT2D eigenvalue weighted by atomic mass is 9.74. The van der Waals surface area contributed by atoms with Gasteiger partial charge in [-0.25, -0.2) is 0 Å². The van der Waals surface area contributed by atoms with Crippen molar-refractivity contribution < 1.29 is 14.3 Å². The zero-order valence-electron chi connectivity index (χ0n) is 12.1. The Bertz CT molecular complexity index is 463. The number of rotatable bonds is 5. The Morgan fingerprint density at radius 3 is 2.60 bits per heavy atom. The van der Waals surface area contributed by atoms with Crippen LogP contribution in [0.15, 0.2) is 21.2 Å². The zero-order chi connectivity index (χ0) is 14.8. The molecule has 1 aliphatic rings. The molecule has 0 bridgehead atoms. The molecule has 1 N–H and O–H groups in total. The van der Waals surface area contributed by atoms with E-state index < -0.39 is 11.4 Å². The van der Waals surface area contributed by atoms with Crippen LogP contribution in [-0.2, 0) is 4.79 Å². The summed E-state index contributed by atoms with van der Waals surface area (Å²) in [6, 6.07) is 4.06. The average molecular weight is 344 g/mol. The number of furan rings is 1. The molecule has 4 nitrogen and oxygen atoms in total. The first kappa shape index (κ1) is 15.6. The fourth-order valence-corrected chi connectivity index (χ4v) is 3.44. The van der Waals surface area contributed by atoms with E-state index in [9.17, 15) is 9.90 Å². The summed E-state index contributed by atoms with van der Waals surface area (Å²) in [7, 11) is 0. The van der Waals surface area contributed by atoms with Gasteiger partial charge in [-0.1, -0.05) is 13.3 Å². The van der Waals surface area contributed by atoms with E-state index in [1.807, 2.05) is 12.1 Å². The van der Waals surface area contributed by atoms with Crippen molar-refractivity contribution in [1.29, 1.82) is 0 Å². The summed E-state index contributed by atoms with van der Waals surface area (Å²) >= 11 is 3.32. The quantitative estimate of drug-likeness (QED) is 0.875. The Morgan fingerprint density at radius 1 is 1.50 bits per heavy atom. The highest BCUT2D eigenvalue weighted by Crippen LogP contribution is 2.39. The first-order valence-corrected chi connectivity index (χ1v) is 8.00. The highest BCUT2D eigenvalue weighted by molar-refractivity contribution is 9.10. The fourth-order valence-electron chi connectivity index (χ4n) is 3.12. The van der Waals surface area contributed by atoms with Crippen molar-refractivity contribution in [2.75, 3.05) is 13.1 Å². The maximum Gasteiger partial charge on any atom is 0.309 e. The third kappa shape index (κ3) is 3.09. The van der Waals surface area contributed by atoms with Gasteiger partial charge >= 0.3 is 5.97 Å². The number of hydrogen-bond donors (Lipinski definition) is 1. The number of likely N-dealkylation sites (tertiary alicyclic amines) is 1. The van der Waals surface area contributed by atoms with Crippen LogP contribution in [0.1, 0.15) is 51.3 Å². The molecule has 0 spiro atoms. The maximum atomic E-state index is 11.6. The van der Waals surface area contributed by atoms with E-state index in [4.69, 9.17) is 4.42 Å². The molecule has 1 atom stereocenters. The molecule has 2 rings (SSSR count). The van der Waals surface area contributed by atoms with Gasteiger partial charge in [0.1, 0.15) is 5.76 Å². The topological polar surface area (TPSA) is 53.7 Å². The van der Waals surface area contributed by atoms with Gasteiger partial charge in [0, 0.05) is 0 Å². The van der Waals surface area contributed by atoms with Crippen molar-refractivity contribution in [1.82, 2.24) is 4.90 Å². The van der Waals surface area contributed by atoms with Gasteiger partial charge in [0.25, 0.3) is 0 Å². The molecule has 0 amide bonds. The van der Waals surface area contributed by atoms with Crippen LogP contribution in [0.2, 0.25) is 0 Å². The van der Waals surface area contributed by atoms with E-state index in [1.54, 1.807) is 0 Å². The summed E-state index contributed by atoms with van der Waals surface area (Å²) in [5.41, 5.74) is -0.519. The number of carbonyl (C=O) groups is 1. The van der Waals surface area contributed by atoms with Crippen LogP contribution in [0.5, 0.6) is 0 Å². The molecule has 20 heavy (non-hydrogen) atoms. The van der Waals surface area contributed by atoms with E-state index in [2.05, 4.69) is 34.7 Å². The molecule has 0 aliphatic carbocycles. The average Bonchev–Trinajstić information content (AvgIpc) is 2.85. The summed E-state index contributed by atoms with van der Waals surface area (Å²) in [5.74, 6) is 0.294. The van der Waals surface area contributed by atoms with Crippen molar-refractivity contribution in [3.05, 3.63) is 22.6 Å². The molecule has 0 aromatic carbocycles. The SMILES string of the molecule is CCCC1(C(=O)O)CCN(C(C)c2ccc(Br)o2)CC1. The smallest absolute Gasteiger partial charge is 0.309 e. The highest BCUT2D eigenvalue weighted by Gasteiger charge is 2.41. The van der Waals surface area contributed by atoms with Gasteiger partial charge in [-0.05, 0) is 67.3 Å². The number of piperidine rings is 1. The van der Waals surface area contributed by atoms with Gasteiger partial charge in [0.15, 0.2) is 4.67 Å². The van der Waals surface area contributed by atoms with Crippen molar-refractivity contribution in [3.8, 4) is 0 Å². The molecule has 1 fully saturated rings. The summed E-state index contributed by atoms with van der Waals surface area (Å²) in [6.45, 7) is 5.79. The van der Waals surface area contributed by atoms with E-state index >= 15 is 0 Å². The van der Waals surface area contributed by atoms with Crippen LogP contribution in [0.3, 0.4) is 0 Å². The second-order valence-corrected chi connectivity index (χ2v) is 6.47. The molecule has 1 aliphatic heterocycles. The lowest BCUT2D eigenvalue weighted by Crippen LogP contribution is -2.45. The summed E-state index contributed by atoms with van der Waals surface area (Å²) in [5, 5.41) is 9.52. The molecule has 1 unspecified atom stereocenters. The predicted molar refractivity (Wildman–Crippen MR) is 80.6 cm³/mol. The van der Waals surface area contributed by atoms with Gasteiger partial charge in [-0.15, -0.1) is 0 Å². The molecule has 2 heterocycles. The second-order valence-electron chi connectivity index (χ2n) is 5.69. The van der Waals surface area contributed by atoms with Crippen LogP contribution >= 0.6 is 15.9 Å². The number of halogens is 1. The molecule has 5 heteroatoms. The summed E-state index contributed by atoms with van der Waals surface area (Å²) < 4.78 is 6.34. The molecule has 1 saturated heterocycles. The lowest BCUT2D eigenvalue weighted by molar-refractivity contribution is -0.153. The van der Waals surface area contributed by atoms with Gasteiger partial charge in [-0.2, -0.15) is 0 Å². The number of aliphatic carboxylic acids is 1. The second kappa shape index (κ2) is 6.31. The van der Waals surface area contributed by atoms with Gasteiger partial charge < -0.3 is 9.52 Å². The monoisotopic (exact) mass is 343 g/mol. The van der Waals surface area contributed by atoms with Crippen molar-refractivity contribution in [2.24, 2.45) is 5.41 Å². The van der Waals surface area contributed by atoms with Crippen LogP contribution in [-0.4, -0.2) is 29.1 Å². The van der Waals surface area contributed by atoms with E-state index in [0.29, 0.717) is 0 Å². The Hall–Kier alpha value is -0.810. The van der Waals surface area contributed by atoms with Crippen molar-refractivity contribution in [2.45, 2.75) is 45.6 Å². The van der Waals surface area contributed by atoms with E-state index in [1.165, 1.54) is 0 Å². The molecule has 0 saturated carbocycles. The molecule has 0 radical (unpaired) electrons. The van der Waals surface area contributed by atoms with Crippen LogP contribution in [0.4, 0.5) is 0 Å². The Balaban J connectivity index is 2.01. The van der Waals surface area contributed by atoms with Crippen LogP contribution < -0.4 is 0 Å². The minimum atomic E-state index is -0.632. The van der Waals surface area contributed by atoms with Gasteiger partial charge in [-0.3, -0.25) is 9.69 Å². The molecular formula is C15H22BrNO3. The number of carboxylic acids is 1. The molecular weight excluding hydrogens is 322 g/mol. The summed E-state index contributed by atoms with van der Waals surface area (Å²) in [4.78, 5) is 13.9. The van der Waals surface area contributed by atoms with Crippen molar-refractivity contribution in [3.63, 3.8) is 0 Å². The standard InChI is InChI=1S/C15H22BrNO3/c1-3-6-15(14(18)19)7-9-17(10-8-15)11(2)12-4-5-13(16)20-12/h4-5,11H,3,6-10H2,1-2H3,(H,18,19). The molecule has 1 aromatic rings. The van der Waals surface area contributed by atoms with E-state index in [0.717, 1.165) is 49.2 Å². The highest BCUT2D eigenvalue weighted by atomic mass is 79.9. The van der Waals surface area contributed by atoms with Crippen LogP contribution in [0, 0.1) is 5.41 Å². The summed E-state index contributed by atoms with van der Waals surface area (Å²) in [6.07, 6.45) is 3.15. The zero-order valence-corrected chi connectivity index (χ0v) is 13.6.